The summed E-state index contributed by atoms with van der Waals surface area (Å²) in [5.74, 6) is 1.57. The third-order valence-corrected chi connectivity index (χ3v) is 3.98. The average Bonchev–Trinajstić information content (AvgIpc) is 2.88. The number of carbonyl (C=O) groups excluding carboxylic acids is 1. The van der Waals surface area contributed by atoms with Crippen molar-refractivity contribution in [3.05, 3.63) is 46.2 Å². The van der Waals surface area contributed by atoms with Crippen LogP contribution >= 0.6 is 11.3 Å². The van der Waals surface area contributed by atoms with Gasteiger partial charge in [-0.3, -0.25) is 4.79 Å². The predicted octanol–water partition coefficient (Wildman–Crippen LogP) is 2.77. The highest BCUT2D eigenvalue weighted by molar-refractivity contribution is 7.07. The van der Waals surface area contributed by atoms with E-state index >= 15 is 0 Å². The summed E-state index contributed by atoms with van der Waals surface area (Å²) in [6.45, 7) is 1.85. The Bertz CT molecular complexity index is 610. The first-order valence-corrected chi connectivity index (χ1v) is 7.92. The van der Waals surface area contributed by atoms with Crippen molar-refractivity contribution in [1.29, 1.82) is 0 Å². The lowest BCUT2D eigenvalue weighted by atomic mass is 10.2. The summed E-state index contributed by atoms with van der Waals surface area (Å²) in [6.07, 6.45) is 1.31. The van der Waals surface area contributed by atoms with Crippen molar-refractivity contribution < 1.29 is 14.3 Å². The number of amides is 1. The highest BCUT2D eigenvalue weighted by Crippen LogP contribution is 2.30. The second kappa shape index (κ2) is 6.63. The number of hydrogen-bond acceptors (Lipinski definition) is 4. The smallest absolute Gasteiger partial charge is 0.224 e. The van der Waals surface area contributed by atoms with Crippen LogP contribution in [0.1, 0.15) is 17.5 Å². The molecule has 1 amide bonds. The van der Waals surface area contributed by atoms with Gasteiger partial charge in [-0.15, -0.1) is 0 Å². The van der Waals surface area contributed by atoms with Gasteiger partial charge in [0, 0.05) is 13.0 Å². The summed E-state index contributed by atoms with van der Waals surface area (Å²) in [7, 11) is 0. The van der Waals surface area contributed by atoms with Gasteiger partial charge in [0.2, 0.25) is 5.91 Å². The Balaban J connectivity index is 1.58. The minimum absolute atomic E-state index is 0.0283. The lowest BCUT2D eigenvalue weighted by molar-refractivity contribution is -0.120. The molecule has 0 fully saturated rings. The van der Waals surface area contributed by atoms with Gasteiger partial charge in [-0.1, -0.05) is 6.07 Å². The van der Waals surface area contributed by atoms with E-state index in [1.807, 2.05) is 35.0 Å². The van der Waals surface area contributed by atoms with Crippen LogP contribution in [0.2, 0.25) is 0 Å². The molecule has 0 spiro atoms. The third-order valence-electron chi connectivity index (χ3n) is 3.25. The van der Waals surface area contributed by atoms with Gasteiger partial charge in [-0.2, -0.15) is 11.3 Å². The van der Waals surface area contributed by atoms with Crippen molar-refractivity contribution in [2.24, 2.45) is 0 Å². The predicted molar refractivity (Wildman–Crippen MR) is 81.9 cm³/mol. The maximum atomic E-state index is 11.9. The Morgan fingerprint density at radius 3 is 2.81 bits per heavy atom. The summed E-state index contributed by atoms with van der Waals surface area (Å²) in [4.78, 5) is 11.9. The quantitative estimate of drug-likeness (QED) is 0.945. The summed E-state index contributed by atoms with van der Waals surface area (Å²) in [5.41, 5.74) is 2.06. The summed E-state index contributed by atoms with van der Waals surface area (Å²) in [6, 6.07) is 7.77. The zero-order valence-electron chi connectivity index (χ0n) is 11.6. The van der Waals surface area contributed by atoms with Gasteiger partial charge < -0.3 is 14.8 Å². The van der Waals surface area contributed by atoms with E-state index in [1.54, 1.807) is 11.3 Å². The summed E-state index contributed by atoms with van der Waals surface area (Å²) < 4.78 is 11.2. The van der Waals surface area contributed by atoms with Crippen LogP contribution in [-0.2, 0) is 17.8 Å². The SMILES string of the molecule is O=C(Cc1ccsc1)NCc1ccc2c(c1)OCCCO2. The number of carbonyl (C=O) groups is 1. The Morgan fingerprint density at radius 1 is 1.14 bits per heavy atom. The number of ether oxygens (including phenoxy) is 2. The molecule has 110 valence electrons. The highest BCUT2D eigenvalue weighted by atomic mass is 32.1. The first-order valence-electron chi connectivity index (χ1n) is 6.97. The molecule has 5 heteroatoms. The van der Waals surface area contributed by atoms with Crippen LogP contribution in [0.5, 0.6) is 11.5 Å². The molecule has 1 N–H and O–H groups in total. The van der Waals surface area contributed by atoms with Crippen LogP contribution in [0.3, 0.4) is 0 Å². The second-order valence-corrected chi connectivity index (χ2v) is 5.70. The Morgan fingerprint density at radius 2 is 2.00 bits per heavy atom. The van der Waals surface area contributed by atoms with Crippen molar-refractivity contribution >= 4 is 17.2 Å². The summed E-state index contributed by atoms with van der Waals surface area (Å²) >= 11 is 1.60. The number of fused-ring (bicyclic) bond motifs is 1. The molecule has 0 atom stereocenters. The van der Waals surface area contributed by atoms with E-state index in [9.17, 15) is 4.79 Å². The van der Waals surface area contributed by atoms with Gasteiger partial charge in [0.05, 0.1) is 19.6 Å². The van der Waals surface area contributed by atoms with E-state index in [1.165, 1.54) is 0 Å². The topological polar surface area (TPSA) is 47.6 Å². The van der Waals surface area contributed by atoms with Crippen molar-refractivity contribution in [2.75, 3.05) is 13.2 Å². The van der Waals surface area contributed by atoms with Crippen LogP contribution in [0.15, 0.2) is 35.0 Å². The molecule has 3 rings (SSSR count). The third kappa shape index (κ3) is 3.76. The maximum Gasteiger partial charge on any atom is 0.224 e. The van der Waals surface area contributed by atoms with E-state index in [0.717, 1.165) is 29.0 Å². The normalized spacial score (nSPS) is 13.5. The van der Waals surface area contributed by atoms with Gasteiger partial charge in [-0.25, -0.2) is 0 Å². The Labute approximate surface area is 127 Å². The number of benzene rings is 1. The Kier molecular flexibility index (Phi) is 4.40. The van der Waals surface area contributed by atoms with E-state index in [0.29, 0.717) is 26.2 Å². The van der Waals surface area contributed by atoms with Crippen LogP contribution < -0.4 is 14.8 Å². The average molecular weight is 303 g/mol. The summed E-state index contributed by atoms with van der Waals surface area (Å²) in [5, 5.41) is 6.90. The molecule has 2 aromatic rings. The fourth-order valence-electron chi connectivity index (χ4n) is 2.16. The molecule has 1 aromatic carbocycles. The van der Waals surface area contributed by atoms with E-state index in [2.05, 4.69) is 5.32 Å². The molecular weight excluding hydrogens is 286 g/mol. The molecule has 0 saturated carbocycles. The largest absolute Gasteiger partial charge is 0.490 e. The molecular formula is C16H17NO3S. The van der Waals surface area contributed by atoms with Crippen molar-refractivity contribution in [2.45, 2.75) is 19.4 Å². The van der Waals surface area contributed by atoms with Crippen LogP contribution in [0, 0.1) is 0 Å². The van der Waals surface area contributed by atoms with Gasteiger partial charge in [0.15, 0.2) is 11.5 Å². The molecule has 21 heavy (non-hydrogen) atoms. The molecule has 1 aliphatic rings. The van der Waals surface area contributed by atoms with Gasteiger partial charge in [0.1, 0.15) is 0 Å². The molecule has 0 saturated heterocycles. The van der Waals surface area contributed by atoms with E-state index in [-0.39, 0.29) is 5.91 Å². The van der Waals surface area contributed by atoms with E-state index < -0.39 is 0 Å². The molecule has 4 nitrogen and oxygen atoms in total. The van der Waals surface area contributed by atoms with E-state index in [4.69, 9.17) is 9.47 Å². The Hall–Kier alpha value is -2.01. The second-order valence-electron chi connectivity index (χ2n) is 4.92. The maximum absolute atomic E-state index is 11.9. The monoisotopic (exact) mass is 303 g/mol. The van der Waals surface area contributed by atoms with Crippen molar-refractivity contribution in [1.82, 2.24) is 5.32 Å². The first-order chi connectivity index (χ1) is 10.3. The van der Waals surface area contributed by atoms with Crippen molar-refractivity contribution in [3.8, 4) is 11.5 Å². The van der Waals surface area contributed by atoms with Gasteiger partial charge in [0.25, 0.3) is 0 Å². The number of nitrogens with one attached hydrogen (secondary N) is 1. The molecule has 0 unspecified atom stereocenters. The zero-order valence-corrected chi connectivity index (χ0v) is 12.4. The molecule has 2 heterocycles. The molecule has 0 radical (unpaired) electrons. The molecule has 1 aromatic heterocycles. The number of hydrogen-bond donors (Lipinski definition) is 1. The molecule has 1 aliphatic heterocycles. The fourth-order valence-corrected chi connectivity index (χ4v) is 2.83. The number of thiophene rings is 1. The highest BCUT2D eigenvalue weighted by Gasteiger charge is 2.11. The fraction of sp³-hybridized carbons (Fsp3) is 0.312. The lowest BCUT2D eigenvalue weighted by Crippen LogP contribution is -2.24. The molecule has 0 bridgehead atoms. The standard InChI is InChI=1S/C16H17NO3S/c18-16(9-13-4-7-21-11-13)17-10-12-2-3-14-15(8-12)20-6-1-5-19-14/h2-4,7-8,11H,1,5-6,9-10H2,(H,17,18). The zero-order chi connectivity index (χ0) is 14.5. The first kappa shape index (κ1) is 13.9. The van der Waals surface area contributed by atoms with Gasteiger partial charge in [-0.05, 0) is 40.1 Å². The minimum Gasteiger partial charge on any atom is -0.490 e. The van der Waals surface area contributed by atoms with Crippen LogP contribution in [0.4, 0.5) is 0 Å². The molecule has 0 aliphatic carbocycles. The van der Waals surface area contributed by atoms with Crippen molar-refractivity contribution in [3.63, 3.8) is 0 Å². The number of rotatable bonds is 4. The van der Waals surface area contributed by atoms with Crippen LogP contribution in [0.25, 0.3) is 0 Å². The van der Waals surface area contributed by atoms with Gasteiger partial charge >= 0.3 is 0 Å². The van der Waals surface area contributed by atoms with Crippen LogP contribution in [-0.4, -0.2) is 19.1 Å². The lowest BCUT2D eigenvalue weighted by Gasteiger charge is -2.10. The minimum atomic E-state index is 0.0283.